The summed E-state index contributed by atoms with van der Waals surface area (Å²) in [6, 6.07) is 9.37. The van der Waals surface area contributed by atoms with Crippen molar-refractivity contribution in [3.8, 4) is 0 Å². The molecular weight excluding hydrogens is 218 g/mol. The van der Waals surface area contributed by atoms with Crippen LogP contribution in [0, 0.1) is 6.92 Å². The van der Waals surface area contributed by atoms with E-state index in [2.05, 4.69) is 36.5 Å². The summed E-state index contributed by atoms with van der Waals surface area (Å²) in [5.74, 6) is 0. The van der Waals surface area contributed by atoms with Crippen LogP contribution >= 0.6 is 11.6 Å². The molecule has 0 radical (unpaired) electrons. The lowest BCUT2D eigenvalue weighted by Gasteiger charge is -2.26. The molecule has 1 aromatic carbocycles. The number of hydrogen-bond acceptors (Lipinski definition) is 1. The third kappa shape index (κ3) is 3.50. The smallest absolute Gasteiger partial charge is 0.0337 e. The first-order valence-electron chi connectivity index (χ1n) is 6.17. The van der Waals surface area contributed by atoms with E-state index in [9.17, 15) is 0 Å². The van der Waals surface area contributed by atoms with E-state index < -0.39 is 0 Å². The van der Waals surface area contributed by atoms with Crippen LogP contribution < -0.4 is 5.32 Å². The summed E-state index contributed by atoms with van der Waals surface area (Å²) in [7, 11) is 0. The van der Waals surface area contributed by atoms with Gasteiger partial charge in [0.25, 0.3) is 0 Å². The van der Waals surface area contributed by atoms with Gasteiger partial charge in [0.05, 0.1) is 0 Å². The third-order valence-electron chi connectivity index (χ3n) is 3.33. The fourth-order valence-corrected chi connectivity index (χ4v) is 2.59. The van der Waals surface area contributed by atoms with Gasteiger partial charge in [0.15, 0.2) is 0 Å². The van der Waals surface area contributed by atoms with Crippen molar-refractivity contribution in [3.63, 3.8) is 0 Å². The zero-order valence-electron chi connectivity index (χ0n) is 9.88. The van der Waals surface area contributed by atoms with E-state index in [-0.39, 0.29) is 0 Å². The number of rotatable bonds is 3. The second kappa shape index (κ2) is 5.70. The van der Waals surface area contributed by atoms with Crippen molar-refractivity contribution in [3.05, 3.63) is 35.4 Å². The summed E-state index contributed by atoms with van der Waals surface area (Å²) in [4.78, 5) is 0. The van der Waals surface area contributed by atoms with E-state index in [0.717, 1.165) is 19.4 Å². The quantitative estimate of drug-likeness (QED) is 0.792. The molecule has 16 heavy (non-hydrogen) atoms. The van der Waals surface area contributed by atoms with Gasteiger partial charge in [-0.3, -0.25) is 0 Å². The molecule has 1 fully saturated rings. The van der Waals surface area contributed by atoms with Crippen molar-refractivity contribution >= 4 is 11.6 Å². The van der Waals surface area contributed by atoms with Crippen LogP contribution in [0.2, 0.25) is 0 Å². The molecule has 0 atom stereocenters. The van der Waals surface area contributed by atoms with Crippen LogP contribution in [-0.4, -0.2) is 11.4 Å². The third-order valence-corrected chi connectivity index (χ3v) is 3.77. The first-order chi connectivity index (χ1) is 7.74. The normalized spacial score (nSPS) is 25.6. The average molecular weight is 238 g/mol. The van der Waals surface area contributed by atoms with Crippen molar-refractivity contribution in [2.45, 2.75) is 50.6 Å². The Labute approximate surface area is 103 Å². The number of benzene rings is 1. The minimum absolute atomic E-state index is 0.414. The summed E-state index contributed by atoms with van der Waals surface area (Å²) in [5.41, 5.74) is 2.72. The highest BCUT2D eigenvalue weighted by Crippen LogP contribution is 2.22. The molecule has 0 spiro atoms. The van der Waals surface area contributed by atoms with Gasteiger partial charge in [0.2, 0.25) is 0 Å². The van der Waals surface area contributed by atoms with Crippen LogP contribution in [0.3, 0.4) is 0 Å². The molecule has 0 bridgehead atoms. The van der Waals surface area contributed by atoms with Crippen molar-refractivity contribution in [1.82, 2.24) is 5.32 Å². The lowest BCUT2D eigenvalue weighted by molar-refractivity contribution is 0.376. The van der Waals surface area contributed by atoms with Gasteiger partial charge >= 0.3 is 0 Å². The Morgan fingerprint density at radius 1 is 1.25 bits per heavy atom. The topological polar surface area (TPSA) is 12.0 Å². The van der Waals surface area contributed by atoms with Crippen LogP contribution in [0.1, 0.15) is 36.8 Å². The highest BCUT2D eigenvalue weighted by molar-refractivity contribution is 6.20. The molecule has 0 amide bonds. The second-order valence-electron chi connectivity index (χ2n) is 4.82. The number of alkyl halides is 1. The summed E-state index contributed by atoms with van der Waals surface area (Å²) >= 11 is 6.09. The van der Waals surface area contributed by atoms with E-state index in [1.807, 2.05) is 0 Å². The molecule has 1 aromatic rings. The standard InChI is InChI=1S/C14H20ClN/c1-11-3-2-4-12(9-11)10-16-14-7-5-13(15)6-8-14/h2-4,9,13-14,16H,5-8,10H2,1H3. The summed E-state index contributed by atoms with van der Waals surface area (Å²) in [6.07, 6.45) is 4.76. The monoisotopic (exact) mass is 237 g/mol. The van der Waals surface area contributed by atoms with Gasteiger partial charge in [0.1, 0.15) is 0 Å². The van der Waals surface area contributed by atoms with Gasteiger partial charge in [-0.05, 0) is 38.2 Å². The second-order valence-corrected chi connectivity index (χ2v) is 5.44. The molecule has 2 heteroatoms. The van der Waals surface area contributed by atoms with Gasteiger partial charge in [-0.15, -0.1) is 11.6 Å². The Morgan fingerprint density at radius 3 is 2.69 bits per heavy atom. The molecule has 1 N–H and O–H groups in total. The van der Waals surface area contributed by atoms with E-state index >= 15 is 0 Å². The molecule has 1 aliphatic rings. The Balaban J connectivity index is 1.79. The molecule has 1 saturated carbocycles. The van der Waals surface area contributed by atoms with Crippen molar-refractivity contribution < 1.29 is 0 Å². The van der Waals surface area contributed by atoms with E-state index in [1.54, 1.807) is 0 Å². The zero-order chi connectivity index (χ0) is 11.4. The lowest BCUT2D eigenvalue weighted by Crippen LogP contribution is -2.32. The highest BCUT2D eigenvalue weighted by atomic mass is 35.5. The fraction of sp³-hybridized carbons (Fsp3) is 0.571. The molecular formula is C14H20ClN. The van der Waals surface area contributed by atoms with Gasteiger partial charge < -0.3 is 5.32 Å². The average Bonchev–Trinajstić information content (AvgIpc) is 2.28. The van der Waals surface area contributed by atoms with Gasteiger partial charge in [0, 0.05) is 18.0 Å². The number of nitrogens with one attached hydrogen (secondary N) is 1. The maximum Gasteiger partial charge on any atom is 0.0337 e. The Hall–Kier alpha value is -0.530. The minimum atomic E-state index is 0.414. The molecule has 0 aliphatic heterocycles. The first-order valence-corrected chi connectivity index (χ1v) is 6.60. The fourth-order valence-electron chi connectivity index (χ4n) is 2.34. The molecule has 88 valence electrons. The number of halogens is 1. The van der Waals surface area contributed by atoms with Crippen molar-refractivity contribution in [1.29, 1.82) is 0 Å². The van der Waals surface area contributed by atoms with E-state index in [0.29, 0.717) is 11.4 Å². The maximum atomic E-state index is 6.09. The number of hydrogen-bond donors (Lipinski definition) is 1. The molecule has 1 nitrogen and oxygen atoms in total. The molecule has 1 aliphatic carbocycles. The number of aryl methyl sites for hydroxylation is 1. The van der Waals surface area contributed by atoms with Crippen LogP contribution in [0.15, 0.2) is 24.3 Å². The molecule has 0 unspecified atom stereocenters. The SMILES string of the molecule is Cc1cccc(CNC2CCC(Cl)CC2)c1. The van der Waals surface area contributed by atoms with Crippen LogP contribution in [0.5, 0.6) is 0 Å². The largest absolute Gasteiger partial charge is 0.310 e. The molecule has 0 heterocycles. The Bertz CT molecular complexity index is 329. The predicted octanol–water partition coefficient (Wildman–Crippen LogP) is 3.63. The van der Waals surface area contributed by atoms with Gasteiger partial charge in [-0.2, -0.15) is 0 Å². The first kappa shape index (κ1) is 11.9. The minimum Gasteiger partial charge on any atom is -0.310 e. The van der Waals surface area contributed by atoms with Crippen LogP contribution in [-0.2, 0) is 6.54 Å². The van der Waals surface area contributed by atoms with Crippen LogP contribution in [0.4, 0.5) is 0 Å². The zero-order valence-corrected chi connectivity index (χ0v) is 10.6. The Kier molecular flexibility index (Phi) is 4.25. The lowest BCUT2D eigenvalue weighted by atomic mass is 9.95. The van der Waals surface area contributed by atoms with E-state index in [1.165, 1.54) is 24.0 Å². The Morgan fingerprint density at radius 2 is 2.00 bits per heavy atom. The van der Waals surface area contributed by atoms with Crippen molar-refractivity contribution in [2.75, 3.05) is 0 Å². The highest BCUT2D eigenvalue weighted by Gasteiger charge is 2.18. The van der Waals surface area contributed by atoms with Gasteiger partial charge in [-0.25, -0.2) is 0 Å². The van der Waals surface area contributed by atoms with Crippen LogP contribution in [0.25, 0.3) is 0 Å². The summed E-state index contributed by atoms with van der Waals surface area (Å²) in [5, 5.41) is 4.04. The summed E-state index contributed by atoms with van der Waals surface area (Å²) < 4.78 is 0. The van der Waals surface area contributed by atoms with Gasteiger partial charge in [-0.1, -0.05) is 29.8 Å². The molecule has 2 rings (SSSR count). The maximum absolute atomic E-state index is 6.09. The predicted molar refractivity (Wildman–Crippen MR) is 69.9 cm³/mol. The summed E-state index contributed by atoms with van der Waals surface area (Å²) in [6.45, 7) is 3.13. The van der Waals surface area contributed by atoms with Crippen molar-refractivity contribution in [2.24, 2.45) is 0 Å². The van der Waals surface area contributed by atoms with E-state index in [4.69, 9.17) is 11.6 Å². The molecule has 0 aromatic heterocycles. The molecule has 0 saturated heterocycles.